The van der Waals surface area contributed by atoms with E-state index < -0.39 is 0 Å². The number of hydrogen-bond acceptors (Lipinski definition) is 3. The van der Waals surface area contributed by atoms with Crippen LogP contribution in [-0.2, 0) is 0 Å². The van der Waals surface area contributed by atoms with E-state index in [0.29, 0.717) is 11.3 Å². The fraction of sp³-hybridized carbons (Fsp3) is 0.650. The summed E-state index contributed by atoms with van der Waals surface area (Å²) in [4.78, 5) is 14.7. The maximum Gasteiger partial charge on any atom is 0.255 e. The number of unbranched alkanes of at least 4 members (excludes halogenated alkanes) is 2. The number of para-hydroxylation sites is 1. The van der Waals surface area contributed by atoms with Crippen molar-refractivity contribution in [2.45, 2.75) is 57.4 Å². The molecular weight excluding hydrogens is 300 g/mol. The molecule has 0 spiro atoms. The monoisotopic (exact) mass is 332 g/mol. The first-order chi connectivity index (χ1) is 11.7. The Morgan fingerprint density at radius 3 is 2.67 bits per heavy atom. The summed E-state index contributed by atoms with van der Waals surface area (Å²) < 4.78 is 5.23. The van der Waals surface area contributed by atoms with Crippen LogP contribution in [0.5, 0.6) is 5.75 Å². The smallest absolute Gasteiger partial charge is 0.255 e. The molecule has 1 amide bonds. The number of benzene rings is 1. The lowest BCUT2D eigenvalue weighted by atomic mass is 9.94. The van der Waals surface area contributed by atoms with E-state index in [-0.39, 0.29) is 5.91 Å². The molecule has 0 bridgehead atoms. The molecule has 134 valence electrons. The summed E-state index contributed by atoms with van der Waals surface area (Å²) in [6, 6.07) is 8.14. The second-order valence-electron chi connectivity index (χ2n) is 6.79. The van der Waals surface area contributed by atoms with Crippen LogP contribution in [0.4, 0.5) is 0 Å². The lowest BCUT2D eigenvalue weighted by Crippen LogP contribution is -2.34. The van der Waals surface area contributed by atoms with Gasteiger partial charge in [0.1, 0.15) is 5.75 Å². The van der Waals surface area contributed by atoms with Crippen molar-refractivity contribution in [3.63, 3.8) is 0 Å². The van der Waals surface area contributed by atoms with Gasteiger partial charge in [0.05, 0.1) is 12.7 Å². The Morgan fingerprint density at radius 1 is 1.17 bits per heavy atom. The minimum Gasteiger partial charge on any atom is -0.496 e. The Labute approximate surface area is 146 Å². The molecule has 1 N–H and O–H groups in total. The third-order valence-electron chi connectivity index (χ3n) is 5.02. The molecule has 1 saturated carbocycles. The lowest BCUT2D eigenvalue weighted by Gasteiger charge is -2.31. The SMILES string of the molecule is COc1ccccc1C(=O)NCCCCCN(C)C1CCCCC1. The van der Waals surface area contributed by atoms with E-state index in [2.05, 4.69) is 17.3 Å². The van der Waals surface area contributed by atoms with E-state index in [0.717, 1.165) is 25.4 Å². The first kappa shape index (κ1) is 18.8. The van der Waals surface area contributed by atoms with Gasteiger partial charge in [0.15, 0.2) is 0 Å². The molecule has 24 heavy (non-hydrogen) atoms. The topological polar surface area (TPSA) is 41.6 Å². The van der Waals surface area contributed by atoms with Gasteiger partial charge < -0.3 is 15.0 Å². The molecule has 0 aromatic heterocycles. The van der Waals surface area contributed by atoms with Crippen LogP contribution in [0, 0.1) is 0 Å². The van der Waals surface area contributed by atoms with Crippen LogP contribution in [0.3, 0.4) is 0 Å². The Kier molecular flexibility index (Phi) is 8.10. The van der Waals surface area contributed by atoms with Gasteiger partial charge in [-0.1, -0.05) is 37.8 Å². The lowest BCUT2D eigenvalue weighted by molar-refractivity contribution is 0.0949. The van der Waals surface area contributed by atoms with Crippen molar-refractivity contribution in [1.29, 1.82) is 0 Å². The molecular formula is C20H32N2O2. The van der Waals surface area contributed by atoms with E-state index in [1.54, 1.807) is 13.2 Å². The molecule has 2 rings (SSSR count). The number of ether oxygens (including phenoxy) is 1. The first-order valence-electron chi connectivity index (χ1n) is 9.34. The van der Waals surface area contributed by atoms with Crippen LogP contribution < -0.4 is 10.1 Å². The molecule has 1 aromatic carbocycles. The number of hydrogen-bond donors (Lipinski definition) is 1. The van der Waals surface area contributed by atoms with Crippen molar-refractivity contribution >= 4 is 5.91 Å². The predicted molar refractivity (Wildman–Crippen MR) is 98.7 cm³/mol. The Hall–Kier alpha value is -1.55. The van der Waals surface area contributed by atoms with E-state index in [1.807, 2.05) is 18.2 Å². The number of nitrogens with zero attached hydrogens (tertiary/aromatic N) is 1. The highest BCUT2D eigenvalue weighted by Gasteiger charge is 2.17. The zero-order chi connectivity index (χ0) is 17.2. The van der Waals surface area contributed by atoms with Crippen molar-refractivity contribution in [2.24, 2.45) is 0 Å². The van der Waals surface area contributed by atoms with Gasteiger partial charge >= 0.3 is 0 Å². The van der Waals surface area contributed by atoms with Crippen LogP contribution in [0.2, 0.25) is 0 Å². The van der Waals surface area contributed by atoms with E-state index in [1.165, 1.54) is 45.1 Å². The molecule has 1 aliphatic carbocycles. The molecule has 1 fully saturated rings. The quantitative estimate of drug-likeness (QED) is 0.698. The standard InChI is InChI=1S/C20H32N2O2/c1-22(17-11-5-3-6-12-17)16-10-4-9-15-21-20(23)18-13-7-8-14-19(18)24-2/h7-8,13-14,17H,3-6,9-12,15-16H2,1-2H3,(H,21,23). The number of rotatable bonds is 9. The highest BCUT2D eigenvalue weighted by molar-refractivity contribution is 5.96. The highest BCUT2D eigenvalue weighted by atomic mass is 16.5. The van der Waals surface area contributed by atoms with Gasteiger partial charge in [-0.2, -0.15) is 0 Å². The summed E-state index contributed by atoms with van der Waals surface area (Å²) in [5.74, 6) is 0.580. The maximum absolute atomic E-state index is 12.2. The average molecular weight is 332 g/mol. The number of carbonyl (C=O) groups excluding carboxylic acids is 1. The van der Waals surface area contributed by atoms with Gasteiger partial charge in [0, 0.05) is 12.6 Å². The van der Waals surface area contributed by atoms with E-state index in [4.69, 9.17) is 4.74 Å². The van der Waals surface area contributed by atoms with Crippen molar-refractivity contribution < 1.29 is 9.53 Å². The number of nitrogens with one attached hydrogen (secondary N) is 1. The summed E-state index contributed by atoms with van der Waals surface area (Å²) in [6.45, 7) is 1.90. The number of amides is 1. The van der Waals surface area contributed by atoms with Crippen LogP contribution in [0.15, 0.2) is 24.3 Å². The highest BCUT2D eigenvalue weighted by Crippen LogP contribution is 2.21. The van der Waals surface area contributed by atoms with Crippen LogP contribution in [0.1, 0.15) is 61.7 Å². The fourth-order valence-corrected chi connectivity index (χ4v) is 3.50. The summed E-state index contributed by atoms with van der Waals surface area (Å²) in [7, 11) is 3.86. The van der Waals surface area contributed by atoms with Crippen molar-refractivity contribution in [3.05, 3.63) is 29.8 Å². The summed E-state index contributed by atoms with van der Waals surface area (Å²) in [6.07, 6.45) is 10.3. The minimum atomic E-state index is -0.0493. The maximum atomic E-state index is 12.2. The predicted octanol–water partition coefficient (Wildman–Crippen LogP) is 3.86. The minimum absolute atomic E-state index is 0.0493. The molecule has 1 aromatic rings. The normalized spacial score (nSPS) is 15.5. The van der Waals surface area contributed by atoms with Gasteiger partial charge in [0.25, 0.3) is 5.91 Å². The van der Waals surface area contributed by atoms with E-state index >= 15 is 0 Å². The molecule has 4 nitrogen and oxygen atoms in total. The summed E-state index contributed by atoms with van der Waals surface area (Å²) in [5, 5.41) is 2.99. The third-order valence-corrected chi connectivity index (χ3v) is 5.02. The zero-order valence-electron chi connectivity index (χ0n) is 15.2. The number of carbonyl (C=O) groups is 1. The second kappa shape index (κ2) is 10.3. The molecule has 0 saturated heterocycles. The Balaban J connectivity index is 1.58. The van der Waals surface area contributed by atoms with E-state index in [9.17, 15) is 4.79 Å². The average Bonchev–Trinajstić information content (AvgIpc) is 2.64. The molecule has 0 aliphatic heterocycles. The fourth-order valence-electron chi connectivity index (χ4n) is 3.50. The number of methoxy groups -OCH3 is 1. The zero-order valence-corrected chi connectivity index (χ0v) is 15.2. The van der Waals surface area contributed by atoms with Crippen molar-refractivity contribution in [1.82, 2.24) is 10.2 Å². The van der Waals surface area contributed by atoms with Gasteiger partial charge in [-0.25, -0.2) is 0 Å². The molecule has 4 heteroatoms. The molecule has 1 aliphatic rings. The summed E-state index contributed by atoms with van der Waals surface area (Å²) in [5.41, 5.74) is 0.608. The van der Waals surface area contributed by atoms with Gasteiger partial charge in [-0.15, -0.1) is 0 Å². The largest absolute Gasteiger partial charge is 0.496 e. The molecule has 0 radical (unpaired) electrons. The van der Waals surface area contributed by atoms with Gasteiger partial charge in [-0.05, 0) is 51.4 Å². The second-order valence-corrected chi connectivity index (χ2v) is 6.79. The van der Waals surface area contributed by atoms with Crippen LogP contribution in [0.25, 0.3) is 0 Å². The molecule has 0 heterocycles. The molecule has 0 unspecified atom stereocenters. The van der Waals surface area contributed by atoms with Gasteiger partial charge in [-0.3, -0.25) is 4.79 Å². The van der Waals surface area contributed by atoms with Crippen molar-refractivity contribution in [2.75, 3.05) is 27.2 Å². The van der Waals surface area contributed by atoms with Crippen molar-refractivity contribution in [3.8, 4) is 5.75 Å². The van der Waals surface area contributed by atoms with Crippen LogP contribution >= 0.6 is 0 Å². The van der Waals surface area contributed by atoms with Gasteiger partial charge in [0.2, 0.25) is 0 Å². The molecule has 0 atom stereocenters. The Morgan fingerprint density at radius 2 is 1.92 bits per heavy atom. The first-order valence-corrected chi connectivity index (χ1v) is 9.34. The Bertz CT molecular complexity index is 498. The van der Waals surface area contributed by atoms with Crippen LogP contribution in [-0.4, -0.2) is 44.1 Å². The third kappa shape index (κ3) is 5.82. The summed E-state index contributed by atoms with van der Waals surface area (Å²) >= 11 is 0.